The molecule has 0 spiro atoms. The normalized spacial score (nSPS) is 12.6. The van der Waals surface area contributed by atoms with E-state index in [1.165, 1.54) is 12.1 Å². The molecule has 0 saturated heterocycles. The molecule has 27 heavy (non-hydrogen) atoms. The fourth-order valence-electron chi connectivity index (χ4n) is 2.62. The molecule has 5 heteroatoms. The van der Waals surface area contributed by atoms with Crippen molar-refractivity contribution in [3.63, 3.8) is 0 Å². The molecule has 0 amide bonds. The molecule has 1 unspecified atom stereocenters. The summed E-state index contributed by atoms with van der Waals surface area (Å²) in [4.78, 5) is 23.6. The van der Waals surface area contributed by atoms with Crippen LogP contribution >= 0.6 is 0 Å². The van der Waals surface area contributed by atoms with Gasteiger partial charge in [-0.15, -0.1) is 0 Å². The summed E-state index contributed by atoms with van der Waals surface area (Å²) in [6, 6.07) is 2.92. The number of allylic oxidation sites excluding steroid dienone is 3. The number of benzene rings is 1. The van der Waals surface area contributed by atoms with Gasteiger partial charge in [-0.3, -0.25) is 4.79 Å². The molecule has 5 nitrogen and oxygen atoms in total. The number of aryl methyl sites for hydroxylation is 1. The molecule has 0 aliphatic heterocycles. The van der Waals surface area contributed by atoms with Gasteiger partial charge in [0.2, 0.25) is 0 Å². The zero-order valence-electron chi connectivity index (χ0n) is 16.6. The zero-order valence-corrected chi connectivity index (χ0v) is 16.6. The highest BCUT2D eigenvalue weighted by molar-refractivity contribution is 5.88. The predicted octanol–water partition coefficient (Wildman–Crippen LogP) is 4.07. The molecule has 1 aromatic carbocycles. The van der Waals surface area contributed by atoms with E-state index in [9.17, 15) is 19.8 Å². The van der Waals surface area contributed by atoms with Gasteiger partial charge in [0.05, 0.1) is 12.2 Å². The standard InChI is InChI=1S/C22H30O5/c1-14(2)5-10-20(24)16(4)7-9-18-12-19(22(26)27)11-17(21(18)25)8-6-15(3)13-23/h5-6,11-12,16,23,25H,7-10,13H2,1-4H3,(H,26,27)/b15-6+. The van der Waals surface area contributed by atoms with E-state index >= 15 is 0 Å². The van der Waals surface area contributed by atoms with Crippen molar-refractivity contribution in [1.29, 1.82) is 0 Å². The topological polar surface area (TPSA) is 94.8 Å². The minimum absolute atomic E-state index is 0.0611. The minimum atomic E-state index is -1.06. The Balaban J connectivity index is 2.98. The van der Waals surface area contributed by atoms with Crippen molar-refractivity contribution in [2.45, 2.75) is 53.4 Å². The largest absolute Gasteiger partial charge is 0.507 e. The van der Waals surface area contributed by atoms with Gasteiger partial charge in [-0.2, -0.15) is 0 Å². The average molecular weight is 374 g/mol. The molecule has 0 fully saturated rings. The third-order valence-electron chi connectivity index (χ3n) is 4.54. The summed E-state index contributed by atoms with van der Waals surface area (Å²) in [6.07, 6.45) is 5.34. The third kappa shape index (κ3) is 7.39. The maximum atomic E-state index is 12.2. The number of aromatic carboxylic acids is 1. The van der Waals surface area contributed by atoms with Gasteiger partial charge in [-0.05, 0) is 63.3 Å². The summed E-state index contributed by atoms with van der Waals surface area (Å²) in [5.74, 6) is -1.04. The molecular formula is C22H30O5. The molecule has 1 aromatic rings. The van der Waals surface area contributed by atoms with Crippen molar-refractivity contribution >= 4 is 11.8 Å². The molecule has 0 saturated carbocycles. The first-order chi connectivity index (χ1) is 12.6. The lowest BCUT2D eigenvalue weighted by Crippen LogP contribution is -2.11. The Morgan fingerprint density at radius 2 is 1.74 bits per heavy atom. The Morgan fingerprint density at radius 3 is 2.30 bits per heavy atom. The number of aliphatic hydroxyl groups is 1. The van der Waals surface area contributed by atoms with E-state index < -0.39 is 5.97 Å². The number of rotatable bonds is 10. The van der Waals surface area contributed by atoms with Gasteiger partial charge in [-0.25, -0.2) is 4.79 Å². The van der Waals surface area contributed by atoms with Gasteiger partial charge in [0.1, 0.15) is 11.5 Å². The Kier molecular flexibility index (Phi) is 8.95. The van der Waals surface area contributed by atoms with Crippen molar-refractivity contribution in [2.24, 2.45) is 5.92 Å². The van der Waals surface area contributed by atoms with Crippen molar-refractivity contribution in [3.05, 3.63) is 52.1 Å². The number of aliphatic hydroxyl groups excluding tert-OH is 1. The van der Waals surface area contributed by atoms with Gasteiger partial charge in [0.15, 0.2) is 0 Å². The molecule has 1 atom stereocenters. The minimum Gasteiger partial charge on any atom is -0.507 e. The highest BCUT2D eigenvalue weighted by Crippen LogP contribution is 2.28. The summed E-state index contributed by atoms with van der Waals surface area (Å²) in [7, 11) is 0. The van der Waals surface area contributed by atoms with Gasteiger partial charge < -0.3 is 15.3 Å². The van der Waals surface area contributed by atoms with E-state index in [0.717, 1.165) is 11.1 Å². The number of carbonyl (C=O) groups excluding carboxylic acids is 1. The number of hydrogen-bond donors (Lipinski definition) is 3. The van der Waals surface area contributed by atoms with E-state index in [0.29, 0.717) is 36.8 Å². The lowest BCUT2D eigenvalue weighted by molar-refractivity contribution is -0.121. The fourth-order valence-corrected chi connectivity index (χ4v) is 2.62. The highest BCUT2D eigenvalue weighted by Gasteiger charge is 2.16. The Labute approximate surface area is 161 Å². The zero-order chi connectivity index (χ0) is 20.6. The second-order valence-corrected chi connectivity index (χ2v) is 7.25. The number of phenols is 1. The van der Waals surface area contributed by atoms with Crippen LogP contribution in [0.5, 0.6) is 5.75 Å². The maximum Gasteiger partial charge on any atom is 0.335 e. The number of carbonyl (C=O) groups is 2. The molecular weight excluding hydrogens is 344 g/mol. The molecule has 1 rings (SSSR count). The maximum absolute atomic E-state index is 12.2. The number of phenolic OH excluding ortho intramolecular Hbond substituents is 1. The van der Waals surface area contributed by atoms with Crippen molar-refractivity contribution in [1.82, 2.24) is 0 Å². The van der Waals surface area contributed by atoms with E-state index in [-0.39, 0.29) is 29.6 Å². The van der Waals surface area contributed by atoms with Crippen LogP contribution in [0.3, 0.4) is 0 Å². The smallest absolute Gasteiger partial charge is 0.335 e. The molecule has 148 valence electrons. The van der Waals surface area contributed by atoms with Crippen LogP contribution in [0.4, 0.5) is 0 Å². The lowest BCUT2D eigenvalue weighted by atomic mass is 9.92. The van der Waals surface area contributed by atoms with Crippen molar-refractivity contribution < 1.29 is 24.9 Å². The van der Waals surface area contributed by atoms with Crippen LogP contribution < -0.4 is 0 Å². The summed E-state index contributed by atoms with van der Waals surface area (Å²) >= 11 is 0. The number of ketones is 1. The number of hydrogen-bond acceptors (Lipinski definition) is 4. The molecule has 0 heterocycles. The fraction of sp³-hybridized carbons (Fsp3) is 0.455. The molecule has 0 aromatic heterocycles. The first-order valence-corrected chi connectivity index (χ1v) is 9.16. The Hall–Kier alpha value is -2.40. The molecule has 0 aliphatic rings. The molecule has 0 radical (unpaired) electrons. The number of Topliss-reactive ketones (excluding diaryl/α,β-unsaturated/α-hetero) is 1. The number of carboxylic acid groups (broad SMARTS) is 1. The molecule has 0 aliphatic carbocycles. The van der Waals surface area contributed by atoms with Crippen LogP contribution in [0.1, 0.15) is 62.0 Å². The van der Waals surface area contributed by atoms with Crippen LogP contribution in [0.15, 0.2) is 35.4 Å². The second-order valence-electron chi connectivity index (χ2n) is 7.25. The van der Waals surface area contributed by atoms with Crippen LogP contribution in [-0.2, 0) is 17.6 Å². The van der Waals surface area contributed by atoms with Gasteiger partial charge in [0, 0.05) is 12.3 Å². The van der Waals surface area contributed by atoms with E-state index in [1.807, 2.05) is 26.8 Å². The van der Waals surface area contributed by atoms with Crippen molar-refractivity contribution in [3.8, 4) is 5.75 Å². The monoisotopic (exact) mass is 374 g/mol. The number of aromatic hydroxyl groups is 1. The third-order valence-corrected chi connectivity index (χ3v) is 4.54. The van der Waals surface area contributed by atoms with Gasteiger partial charge in [0.25, 0.3) is 0 Å². The predicted molar refractivity (Wildman–Crippen MR) is 106 cm³/mol. The molecule has 3 N–H and O–H groups in total. The van der Waals surface area contributed by atoms with Crippen molar-refractivity contribution in [2.75, 3.05) is 6.61 Å². The van der Waals surface area contributed by atoms with Crippen LogP contribution in [0, 0.1) is 5.92 Å². The summed E-state index contributed by atoms with van der Waals surface area (Å²) in [5, 5.41) is 29.0. The molecule has 0 bridgehead atoms. The summed E-state index contributed by atoms with van der Waals surface area (Å²) in [5.41, 5.74) is 2.98. The quantitative estimate of drug-likeness (QED) is 0.537. The summed E-state index contributed by atoms with van der Waals surface area (Å²) in [6.45, 7) is 7.42. The summed E-state index contributed by atoms with van der Waals surface area (Å²) < 4.78 is 0. The van der Waals surface area contributed by atoms with Crippen LogP contribution in [-0.4, -0.2) is 33.7 Å². The Morgan fingerprint density at radius 1 is 1.11 bits per heavy atom. The van der Waals surface area contributed by atoms with E-state index in [2.05, 4.69) is 0 Å². The first kappa shape index (κ1) is 22.6. The highest BCUT2D eigenvalue weighted by atomic mass is 16.4. The van der Waals surface area contributed by atoms with Gasteiger partial charge in [-0.1, -0.05) is 30.2 Å². The van der Waals surface area contributed by atoms with Gasteiger partial charge >= 0.3 is 5.97 Å². The van der Waals surface area contributed by atoms with Crippen LogP contribution in [0.25, 0.3) is 0 Å². The van der Waals surface area contributed by atoms with E-state index in [1.54, 1.807) is 13.0 Å². The Bertz CT molecular complexity index is 739. The van der Waals surface area contributed by atoms with E-state index in [4.69, 9.17) is 5.11 Å². The number of carboxylic acids is 1. The average Bonchev–Trinajstić information content (AvgIpc) is 2.63. The van der Waals surface area contributed by atoms with Crippen LogP contribution in [0.2, 0.25) is 0 Å². The second kappa shape index (κ2) is 10.7. The first-order valence-electron chi connectivity index (χ1n) is 9.16. The lowest BCUT2D eigenvalue weighted by Gasteiger charge is -2.13. The SMILES string of the molecule is CC(C)=CCC(=O)C(C)CCc1cc(C(=O)O)cc(C/C=C(\C)CO)c1O.